The molecule has 5 heteroatoms. The fourth-order valence-electron chi connectivity index (χ4n) is 3.05. The topological polar surface area (TPSA) is 72.5 Å². The average molecular weight is 401 g/mol. The molecule has 0 aromatic heterocycles. The smallest absolute Gasteiger partial charge is 0.224 e. The van der Waals surface area contributed by atoms with Gasteiger partial charge in [0.15, 0.2) is 11.6 Å². The number of amides is 1. The number of benzene rings is 3. The molecule has 0 aliphatic rings. The number of anilines is 1. The molecule has 0 unspecified atom stereocenters. The lowest BCUT2D eigenvalue weighted by Gasteiger charge is -2.08. The van der Waals surface area contributed by atoms with Crippen molar-refractivity contribution < 1.29 is 19.1 Å². The van der Waals surface area contributed by atoms with Crippen molar-refractivity contribution in [3.8, 4) is 5.75 Å². The number of ketones is 2. The summed E-state index contributed by atoms with van der Waals surface area (Å²) in [6.07, 6.45) is 0.949. The number of hydrogen-bond donors (Lipinski definition) is 1. The average Bonchev–Trinajstić information content (AvgIpc) is 2.79. The van der Waals surface area contributed by atoms with Crippen LogP contribution in [0.3, 0.4) is 0 Å². The van der Waals surface area contributed by atoms with Gasteiger partial charge in [0, 0.05) is 35.2 Å². The highest BCUT2D eigenvalue weighted by molar-refractivity contribution is 6.09. The van der Waals surface area contributed by atoms with Crippen molar-refractivity contribution in [2.75, 3.05) is 12.4 Å². The molecule has 3 rings (SSSR count). The van der Waals surface area contributed by atoms with Crippen molar-refractivity contribution >= 4 is 23.2 Å². The molecule has 0 fully saturated rings. The van der Waals surface area contributed by atoms with Crippen LogP contribution in [0.1, 0.15) is 45.5 Å². The van der Waals surface area contributed by atoms with Gasteiger partial charge < -0.3 is 10.1 Å². The Labute approximate surface area is 175 Å². The van der Waals surface area contributed by atoms with Gasteiger partial charge >= 0.3 is 0 Å². The van der Waals surface area contributed by atoms with Crippen LogP contribution in [0.4, 0.5) is 5.69 Å². The highest BCUT2D eigenvalue weighted by Gasteiger charge is 2.11. The van der Waals surface area contributed by atoms with Crippen LogP contribution in [0.15, 0.2) is 78.9 Å². The van der Waals surface area contributed by atoms with E-state index in [1.807, 2.05) is 18.2 Å². The van der Waals surface area contributed by atoms with E-state index in [4.69, 9.17) is 4.74 Å². The highest BCUT2D eigenvalue weighted by Crippen LogP contribution is 2.17. The fraction of sp³-hybridized carbons (Fsp3) is 0.160. The van der Waals surface area contributed by atoms with E-state index in [2.05, 4.69) is 5.32 Å². The summed E-state index contributed by atoms with van der Waals surface area (Å²) in [4.78, 5) is 37.0. The SMILES string of the molecule is COc1ccc(C(=O)CCCC(=O)Nc2cccc(C(=O)c3ccccc3)c2)cc1. The van der Waals surface area contributed by atoms with Crippen LogP contribution < -0.4 is 10.1 Å². The minimum absolute atomic E-state index is 0.0130. The molecular formula is C25H23NO4. The zero-order chi connectivity index (χ0) is 21.3. The second kappa shape index (κ2) is 10.2. The first kappa shape index (κ1) is 21.0. The molecule has 0 aliphatic carbocycles. The van der Waals surface area contributed by atoms with Crippen molar-refractivity contribution in [1.29, 1.82) is 0 Å². The molecule has 0 saturated carbocycles. The van der Waals surface area contributed by atoms with Crippen molar-refractivity contribution in [1.82, 2.24) is 0 Å². The Morgan fingerprint density at radius 1 is 0.767 bits per heavy atom. The summed E-state index contributed by atoms with van der Waals surface area (Å²) in [5.74, 6) is 0.387. The molecule has 0 radical (unpaired) electrons. The maximum Gasteiger partial charge on any atom is 0.224 e. The summed E-state index contributed by atoms with van der Waals surface area (Å²) in [6, 6.07) is 22.8. The molecule has 30 heavy (non-hydrogen) atoms. The summed E-state index contributed by atoms with van der Waals surface area (Å²) in [5.41, 5.74) is 2.26. The van der Waals surface area contributed by atoms with E-state index in [9.17, 15) is 14.4 Å². The van der Waals surface area contributed by atoms with Crippen molar-refractivity contribution in [2.45, 2.75) is 19.3 Å². The van der Waals surface area contributed by atoms with Crippen LogP contribution >= 0.6 is 0 Å². The largest absolute Gasteiger partial charge is 0.497 e. The van der Waals surface area contributed by atoms with Crippen LogP contribution in [-0.4, -0.2) is 24.6 Å². The van der Waals surface area contributed by atoms with E-state index in [1.54, 1.807) is 67.8 Å². The minimum Gasteiger partial charge on any atom is -0.497 e. The summed E-state index contributed by atoms with van der Waals surface area (Å²) in [7, 11) is 1.57. The highest BCUT2D eigenvalue weighted by atomic mass is 16.5. The van der Waals surface area contributed by atoms with E-state index in [0.29, 0.717) is 34.5 Å². The van der Waals surface area contributed by atoms with Crippen LogP contribution in [0.2, 0.25) is 0 Å². The van der Waals surface area contributed by atoms with Crippen molar-refractivity contribution in [3.63, 3.8) is 0 Å². The number of hydrogen-bond acceptors (Lipinski definition) is 4. The van der Waals surface area contributed by atoms with Gasteiger partial charge in [-0.15, -0.1) is 0 Å². The second-order valence-electron chi connectivity index (χ2n) is 6.83. The van der Waals surface area contributed by atoms with E-state index in [0.717, 1.165) is 0 Å². The lowest BCUT2D eigenvalue weighted by atomic mass is 10.0. The molecule has 0 heterocycles. The first-order chi connectivity index (χ1) is 14.6. The lowest BCUT2D eigenvalue weighted by molar-refractivity contribution is -0.116. The third-order valence-electron chi connectivity index (χ3n) is 4.66. The number of nitrogens with one attached hydrogen (secondary N) is 1. The minimum atomic E-state index is -0.193. The maximum atomic E-state index is 12.5. The Bertz CT molecular complexity index is 1030. The Kier molecular flexibility index (Phi) is 7.11. The molecule has 3 aromatic carbocycles. The molecule has 5 nitrogen and oxygen atoms in total. The molecule has 0 bridgehead atoms. The second-order valence-corrected chi connectivity index (χ2v) is 6.83. The fourth-order valence-corrected chi connectivity index (χ4v) is 3.05. The molecule has 3 aromatic rings. The number of rotatable bonds is 9. The quantitative estimate of drug-likeness (QED) is 0.517. The van der Waals surface area contributed by atoms with Crippen LogP contribution in [0.5, 0.6) is 5.75 Å². The van der Waals surface area contributed by atoms with Crippen LogP contribution in [0.25, 0.3) is 0 Å². The summed E-state index contributed by atoms with van der Waals surface area (Å²) >= 11 is 0. The number of methoxy groups -OCH3 is 1. The maximum absolute atomic E-state index is 12.5. The van der Waals surface area contributed by atoms with E-state index < -0.39 is 0 Å². The molecule has 1 amide bonds. The van der Waals surface area contributed by atoms with Gasteiger partial charge in [0.2, 0.25) is 5.91 Å². The van der Waals surface area contributed by atoms with Crippen molar-refractivity contribution in [2.24, 2.45) is 0 Å². The lowest BCUT2D eigenvalue weighted by Crippen LogP contribution is -2.12. The third kappa shape index (κ3) is 5.64. The summed E-state index contributed by atoms with van der Waals surface area (Å²) in [6.45, 7) is 0. The van der Waals surface area contributed by atoms with Gasteiger partial charge in [-0.1, -0.05) is 42.5 Å². The number of Topliss-reactive ketones (excluding diaryl/α,β-unsaturated/α-hetero) is 1. The Balaban J connectivity index is 1.51. The van der Waals surface area contributed by atoms with Gasteiger partial charge in [-0.05, 0) is 42.8 Å². The molecule has 0 atom stereocenters. The Morgan fingerprint density at radius 2 is 1.47 bits per heavy atom. The summed E-state index contributed by atoms with van der Waals surface area (Å²) < 4.78 is 5.08. The summed E-state index contributed by atoms with van der Waals surface area (Å²) in [5, 5.41) is 2.80. The number of carbonyl (C=O) groups is 3. The first-order valence-corrected chi connectivity index (χ1v) is 9.74. The number of ether oxygens (including phenoxy) is 1. The van der Waals surface area contributed by atoms with Gasteiger partial charge in [0.1, 0.15) is 5.75 Å². The van der Waals surface area contributed by atoms with E-state index >= 15 is 0 Å². The van der Waals surface area contributed by atoms with Crippen molar-refractivity contribution in [3.05, 3.63) is 95.6 Å². The zero-order valence-corrected chi connectivity index (χ0v) is 16.8. The van der Waals surface area contributed by atoms with Gasteiger partial charge in [0.25, 0.3) is 0 Å². The van der Waals surface area contributed by atoms with E-state index in [-0.39, 0.29) is 30.3 Å². The number of carbonyl (C=O) groups excluding carboxylic acids is 3. The monoisotopic (exact) mass is 401 g/mol. The molecular weight excluding hydrogens is 378 g/mol. The van der Waals surface area contributed by atoms with Gasteiger partial charge in [-0.2, -0.15) is 0 Å². The van der Waals surface area contributed by atoms with Crippen LogP contribution in [-0.2, 0) is 4.79 Å². The molecule has 152 valence electrons. The molecule has 0 saturated heterocycles. The Morgan fingerprint density at radius 3 is 2.17 bits per heavy atom. The standard InChI is InChI=1S/C25H23NO4/c1-30-22-15-13-18(14-16-22)23(27)11-6-12-24(28)26-21-10-5-9-20(17-21)25(29)19-7-3-2-4-8-19/h2-5,7-10,13-17H,6,11-12H2,1H3,(H,26,28). The van der Waals surface area contributed by atoms with E-state index in [1.165, 1.54) is 0 Å². The van der Waals surface area contributed by atoms with Crippen LogP contribution in [0, 0.1) is 0 Å². The van der Waals surface area contributed by atoms with Gasteiger partial charge in [0.05, 0.1) is 7.11 Å². The predicted molar refractivity (Wildman–Crippen MR) is 116 cm³/mol. The predicted octanol–water partition coefficient (Wildman–Crippen LogP) is 4.92. The third-order valence-corrected chi connectivity index (χ3v) is 4.66. The molecule has 0 aliphatic heterocycles. The van der Waals surface area contributed by atoms with Gasteiger partial charge in [-0.25, -0.2) is 0 Å². The first-order valence-electron chi connectivity index (χ1n) is 9.74. The zero-order valence-electron chi connectivity index (χ0n) is 16.8. The normalized spacial score (nSPS) is 10.3. The molecule has 1 N–H and O–H groups in total. The Hall–Kier alpha value is -3.73. The van der Waals surface area contributed by atoms with Gasteiger partial charge in [-0.3, -0.25) is 14.4 Å². The molecule has 0 spiro atoms.